The summed E-state index contributed by atoms with van der Waals surface area (Å²) in [7, 11) is 1.37. The van der Waals surface area contributed by atoms with Crippen molar-refractivity contribution in [3.05, 3.63) is 66.4 Å². The lowest BCUT2D eigenvalue weighted by molar-refractivity contribution is 0.0601. The SMILES string of the molecule is COC(=O)c1ccccc1.c1ccc2[nH]ncc2c1. The predicted octanol–water partition coefficient (Wildman–Crippen LogP) is 3.04. The minimum Gasteiger partial charge on any atom is -0.465 e. The van der Waals surface area contributed by atoms with Crippen LogP contribution in [0.2, 0.25) is 0 Å². The number of esters is 1. The molecule has 1 aromatic heterocycles. The lowest BCUT2D eigenvalue weighted by atomic mass is 10.2. The number of carbonyl (C=O) groups is 1. The summed E-state index contributed by atoms with van der Waals surface area (Å²) in [5, 5.41) is 7.91. The molecule has 19 heavy (non-hydrogen) atoms. The van der Waals surface area contributed by atoms with Gasteiger partial charge in [0.2, 0.25) is 0 Å². The molecular formula is C15H14N2O2. The summed E-state index contributed by atoms with van der Waals surface area (Å²) in [6, 6.07) is 16.9. The van der Waals surface area contributed by atoms with E-state index in [0.29, 0.717) is 5.56 Å². The van der Waals surface area contributed by atoms with Crippen molar-refractivity contribution in [2.24, 2.45) is 0 Å². The molecule has 96 valence electrons. The number of methoxy groups -OCH3 is 1. The summed E-state index contributed by atoms with van der Waals surface area (Å²) < 4.78 is 4.50. The Bertz CT molecular complexity index is 617. The monoisotopic (exact) mass is 254 g/mol. The van der Waals surface area contributed by atoms with Gasteiger partial charge in [-0.25, -0.2) is 4.79 Å². The molecule has 4 heteroatoms. The van der Waals surface area contributed by atoms with Crippen LogP contribution in [0.4, 0.5) is 0 Å². The van der Waals surface area contributed by atoms with E-state index in [0.717, 1.165) is 10.9 Å². The van der Waals surface area contributed by atoms with Gasteiger partial charge in [0, 0.05) is 5.39 Å². The second-order valence-electron chi connectivity index (χ2n) is 3.81. The van der Waals surface area contributed by atoms with Gasteiger partial charge in [-0.1, -0.05) is 36.4 Å². The molecular weight excluding hydrogens is 240 g/mol. The highest BCUT2D eigenvalue weighted by Crippen LogP contribution is 2.07. The van der Waals surface area contributed by atoms with Crippen LogP contribution in [0.15, 0.2) is 60.8 Å². The van der Waals surface area contributed by atoms with E-state index in [1.165, 1.54) is 7.11 Å². The number of H-pyrrole nitrogens is 1. The molecule has 0 bridgehead atoms. The molecule has 1 N–H and O–H groups in total. The summed E-state index contributed by atoms with van der Waals surface area (Å²) in [5.41, 5.74) is 1.68. The average molecular weight is 254 g/mol. The number of nitrogens with one attached hydrogen (secondary N) is 1. The fraction of sp³-hybridized carbons (Fsp3) is 0.0667. The number of aromatic nitrogens is 2. The first-order chi connectivity index (χ1) is 9.31. The number of nitrogens with zero attached hydrogens (tertiary/aromatic N) is 1. The number of carbonyl (C=O) groups excluding carboxylic acids is 1. The maximum absolute atomic E-state index is 10.8. The molecule has 3 aromatic rings. The molecule has 1 heterocycles. The third kappa shape index (κ3) is 3.42. The van der Waals surface area contributed by atoms with Gasteiger partial charge in [0.25, 0.3) is 0 Å². The zero-order valence-corrected chi connectivity index (χ0v) is 10.5. The van der Waals surface area contributed by atoms with Crippen molar-refractivity contribution in [2.45, 2.75) is 0 Å². The van der Waals surface area contributed by atoms with Crippen LogP contribution in [0, 0.1) is 0 Å². The number of hydrogen-bond acceptors (Lipinski definition) is 3. The molecule has 0 amide bonds. The molecule has 0 aliphatic rings. The molecule has 0 saturated heterocycles. The van der Waals surface area contributed by atoms with Crippen LogP contribution in [0.5, 0.6) is 0 Å². The zero-order valence-electron chi connectivity index (χ0n) is 10.5. The lowest BCUT2D eigenvalue weighted by Crippen LogP contribution is -1.99. The van der Waals surface area contributed by atoms with Crippen LogP contribution in [-0.2, 0) is 4.74 Å². The van der Waals surface area contributed by atoms with E-state index in [4.69, 9.17) is 0 Å². The largest absolute Gasteiger partial charge is 0.465 e. The molecule has 0 atom stereocenters. The number of hydrogen-bond donors (Lipinski definition) is 1. The first kappa shape index (κ1) is 12.8. The molecule has 2 aromatic carbocycles. The predicted molar refractivity (Wildman–Crippen MR) is 73.9 cm³/mol. The Kier molecular flexibility index (Phi) is 4.29. The maximum Gasteiger partial charge on any atom is 0.337 e. The molecule has 0 fully saturated rings. The maximum atomic E-state index is 10.8. The highest BCUT2D eigenvalue weighted by atomic mass is 16.5. The quantitative estimate of drug-likeness (QED) is 0.679. The fourth-order valence-electron chi connectivity index (χ4n) is 1.57. The third-order valence-electron chi connectivity index (χ3n) is 2.54. The van der Waals surface area contributed by atoms with Gasteiger partial charge < -0.3 is 4.74 Å². The van der Waals surface area contributed by atoms with Gasteiger partial charge >= 0.3 is 5.97 Å². The Balaban J connectivity index is 0.000000141. The van der Waals surface area contributed by atoms with Crippen LogP contribution in [-0.4, -0.2) is 23.3 Å². The van der Waals surface area contributed by atoms with Crippen molar-refractivity contribution in [3.63, 3.8) is 0 Å². The van der Waals surface area contributed by atoms with Crippen LogP contribution in [0.1, 0.15) is 10.4 Å². The number of fused-ring (bicyclic) bond motifs is 1. The summed E-state index contributed by atoms with van der Waals surface area (Å²) in [6.45, 7) is 0. The van der Waals surface area contributed by atoms with Gasteiger partial charge in [0.15, 0.2) is 0 Å². The first-order valence-electron chi connectivity index (χ1n) is 5.83. The molecule has 0 aliphatic heterocycles. The van der Waals surface area contributed by atoms with E-state index in [1.807, 2.05) is 36.5 Å². The van der Waals surface area contributed by atoms with E-state index in [9.17, 15) is 4.79 Å². The summed E-state index contributed by atoms with van der Waals surface area (Å²) >= 11 is 0. The Morgan fingerprint density at radius 2 is 1.74 bits per heavy atom. The highest BCUT2D eigenvalue weighted by molar-refractivity contribution is 5.89. The van der Waals surface area contributed by atoms with E-state index < -0.39 is 0 Å². The summed E-state index contributed by atoms with van der Waals surface area (Å²) in [4.78, 5) is 10.8. The summed E-state index contributed by atoms with van der Waals surface area (Å²) in [5.74, 6) is -0.291. The Hall–Kier alpha value is -2.62. The second-order valence-corrected chi connectivity index (χ2v) is 3.81. The van der Waals surface area contributed by atoms with Gasteiger partial charge in [0.05, 0.1) is 24.4 Å². The van der Waals surface area contributed by atoms with Crippen molar-refractivity contribution in [3.8, 4) is 0 Å². The Labute approximate surface area is 111 Å². The first-order valence-corrected chi connectivity index (χ1v) is 5.83. The minimum absolute atomic E-state index is 0.291. The van der Waals surface area contributed by atoms with Crippen LogP contribution in [0.25, 0.3) is 10.9 Å². The number of rotatable bonds is 1. The van der Waals surface area contributed by atoms with Gasteiger partial charge in [-0.15, -0.1) is 0 Å². The van der Waals surface area contributed by atoms with Gasteiger partial charge in [-0.05, 0) is 18.2 Å². The van der Waals surface area contributed by atoms with Crippen molar-refractivity contribution < 1.29 is 9.53 Å². The van der Waals surface area contributed by atoms with E-state index in [2.05, 4.69) is 14.9 Å². The Morgan fingerprint density at radius 1 is 1.05 bits per heavy atom. The topological polar surface area (TPSA) is 55.0 Å². The smallest absolute Gasteiger partial charge is 0.337 e. The number of benzene rings is 2. The molecule has 3 rings (SSSR count). The van der Waals surface area contributed by atoms with Crippen molar-refractivity contribution in [2.75, 3.05) is 7.11 Å². The molecule has 4 nitrogen and oxygen atoms in total. The standard InChI is InChI=1S/C8H8O2.C7H6N2/c1-10-8(9)7-5-3-2-4-6-7;1-2-4-7-6(3-1)5-8-9-7/h2-6H,1H3;1-5H,(H,8,9). The van der Waals surface area contributed by atoms with Crippen molar-refractivity contribution in [1.82, 2.24) is 10.2 Å². The minimum atomic E-state index is -0.291. The number of para-hydroxylation sites is 1. The third-order valence-corrected chi connectivity index (χ3v) is 2.54. The lowest BCUT2D eigenvalue weighted by Gasteiger charge is -1.95. The van der Waals surface area contributed by atoms with Crippen molar-refractivity contribution >= 4 is 16.9 Å². The molecule has 0 aliphatic carbocycles. The zero-order chi connectivity index (χ0) is 13.5. The molecule has 0 radical (unpaired) electrons. The summed E-state index contributed by atoms with van der Waals surface area (Å²) in [6.07, 6.45) is 1.81. The van der Waals surface area contributed by atoms with Crippen LogP contribution >= 0.6 is 0 Å². The molecule has 0 saturated carbocycles. The normalized spacial score (nSPS) is 9.53. The fourth-order valence-corrected chi connectivity index (χ4v) is 1.57. The van der Waals surface area contributed by atoms with Gasteiger partial charge in [0.1, 0.15) is 0 Å². The number of ether oxygens (including phenoxy) is 1. The highest BCUT2D eigenvalue weighted by Gasteiger charge is 2.00. The van der Waals surface area contributed by atoms with Crippen molar-refractivity contribution in [1.29, 1.82) is 0 Å². The second kappa shape index (κ2) is 6.35. The van der Waals surface area contributed by atoms with Gasteiger partial charge in [-0.2, -0.15) is 5.10 Å². The molecule has 0 spiro atoms. The van der Waals surface area contributed by atoms with E-state index in [-0.39, 0.29) is 5.97 Å². The van der Waals surface area contributed by atoms with E-state index in [1.54, 1.807) is 24.3 Å². The average Bonchev–Trinajstić information content (AvgIpc) is 2.96. The van der Waals surface area contributed by atoms with Gasteiger partial charge in [-0.3, -0.25) is 5.10 Å². The van der Waals surface area contributed by atoms with E-state index >= 15 is 0 Å². The van der Waals surface area contributed by atoms with Crippen LogP contribution in [0.3, 0.4) is 0 Å². The number of aromatic amines is 1. The Morgan fingerprint density at radius 3 is 2.42 bits per heavy atom. The van der Waals surface area contributed by atoms with Crippen LogP contribution < -0.4 is 0 Å². The molecule has 0 unspecified atom stereocenters.